The fraction of sp³-hybridized carbons (Fsp3) is 0.556. The third kappa shape index (κ3) is 7.72. The number of benzene rings is 1. The number of amides is 2. The van der Waals surface area contributed by atoms with Gasteiger partial charge in [-0.3, -0.25) is 9.59 Å². The van der Waals surface area contributed by atoms with Crippen LogP contribution in [0.1, 0.15) is 50.2 Å². The average Bonchev–Trinajstić information content (AvgIpc) is 2.93. The summed E-state index contributed by atoms with van der Waals surface area (Å²) in [6, 6.07) is 7.74. The van der Waals surface area contributed by atoms with Gasteiger partial charge >= 0.3 is 0 Å². The standard InChI is InChI=1S/C27H37B2ClF2N6O2/c1-25(5-7-26(31,32)8-6-25)15-23(39)34-18-24(40)37-10-12-38(13-11-37)27(28,29)21-14-20(30)2-3-22(21)33-16-19-4-9-35-36-17-19/h2-4,9,14,17,33H,5-8,10-13,15-16,18,28-29H2,1H3,(H,34,39). The van der Waals surface area contributed by atoms with Gasteiger partial charge in [-0.1, -0.05) is 18.5 Å². The lowest BCUT2D eigenvalue weighted by Gasteiger charge is -2.45. The van der Waals surface area contributed by atoms with Crippen molar-refractivity contribution in [2.45, 2.75) is 56.8 Å². The van der Waals surface area contributed by atoms with Crippen molar-refractivity contribution in [2.24, 2.45) is 5.41 Å². The molecule has 2 amide bonds. The molecule has 2 fully saturated rings. The first-order valence-electron chi connectivity index (χ1n) is 13.8. The van der Waals surface area contributed by atoms with Gasteiger partial charge in [0.1, 0.15) is 15.7 Å². The number of piperazine rings is 1. The SMILES string of the molecule is BC(B)(c1cc(Cl)ccc1NCc1ccnnc1)N1CCN(C(=O)CNC(=O)CC2(C)CCC(F)(F)CC2)CC1. The van der Waals surface area contributed by atoms with Crippen LogP contribution >= 0.6 is 11.6 Å². The zero-order chi connectivity index (χ0) is 29.0. The predicted molar refractivity (Wildman–Crippen MR) is 157 cm³/mol. The van der Waals surface area contributed by atoms with Gasteiger partial charge in [0, 0.05) is 68.9 Å². The highest BCUT2D eigenvalue weighted by Gasteiger charge is 2.41. The highest BCUT2D eigenvalue weighted by atomic mass is 35.5. The number of halogens is 3. The van der Waals surface area contributed by atoms with Crippen LogP contribution in [-0.2, 0) is 21.5 Å². The molecule has 0 radical (unpaired) electrons. The van der Waals surface area contributed by atoms with Crippen LogP contribution in [0.5, 0.6) is 0 Å². The van der Waals surface area contributed by atoms with E-state index in [1.54, 1.807) is 17.3 Å². The van der Waals surface area contributed by atoms with Crippen molar-refractivity contribution in [3.05, 3.63) is 52.8 Å². The molecule has 2 N–H and O–H groups in total. The quantitative estimate of drug-likeness (QED) is 0.447. The number of rotatable bonds is 9. The summed E-state index contributed by atoms with van der Waals surface area (Å²) < 4.78 is 27.0. The largest absolute Gasteiger partial charge is 0.381 e. The normalized spacial score (nSPS) is 19.1. The second-order valence-corrected chi connectivity index (χ2v) is 12.3. The van der Waals surface area contributed by atoms with Crippen LogP contribution in [0.3, 0.4) is 0 Å². The van der Waals surface area contributed by atoms with Gasteiger partial charge < -0.3 is 20.4 Å². The Labute approximate surface area is 241 Å². The summed E-state index contributed by atoms with van der Waals surface area (Å²) in [5.41, 5.74) is 2.60. The Bertz CT molecular complexity index is 1190. The van der Waals surface area contributed by atoms with E-state index >= 15 is 0 Å². The fourth-order valence-electron chi connectivity index (χ4n) is 5.61. The van der Waals surface area contributed by atoms with Crippen LogP contribution in [0.15, 0.2) is 36.7 Å². The molecule has 214 valence electrons. The summed E-state index contributed by atoms with van der Waals surface area (Å²) >= 11 is 6.40. The fourth-order valence-corrected chi connectivity index (χ4v) is 5.79. The summed E-state index contributed by atoms with van der Waals surface area (Å²) in [7, 11) is 4.30. The van der Waals surface area contributed by atoms with Crippen LogP contribution in [0.2, 0.25) is 5.02 Å². The van der Waals surface area contributed by atoms with Gasteiger partial charge in [-0.05, 0) is 59.0 Å². The molecule has 2 heterocycles. The molecule has 1 aliphatic heterocycles. The second kappa shape index (κ2) is 12.4. The molecule has 4 rings (SSSR count). The first kappa shape index (κ1) is 30.2. The molecular weight excluding hydrogens is 535 g/mol. The van der Waals surface area contributed by atoms with E-state index in [0.717, 1.165) is 16.8 Å². The van der Waals surface area contributed by atoms with E-state index in [1.807, 2.05) is 31.2 Å². The molecular formula is C27H37B2ClF2N6O2. The highest BCUT2D eigenvalue weighted by molar-refractivity contribution is 6.40. The topological polar surface area (TPSA) is 90.5 Å². The molecule has 0 spiro atoms. The minimum absolute atomic E-state index is 0.0826. The molecule has 8 nitrogen and oxygen atoms in total. The average molecular weight is 573 g/mol. The second-order valence-electron chi connectivity index (χ2n) is 11.8. The van der Waals surface area contributed by atoms with Crippen LogP contribution in [0.25, 0.3) is 0 Å². The van der Waals surface area contributed by atoms with Crippen molar-refractivity contribution in [1.29, 1.82) is 0 Å². The Kier molecular flexibility index (Phi) is 9.40. The molecule has 2 aromatic rings. The zero-order valence-corrected chi connectivity index (χ0v) is 24.2. The molecule has 13 heteroatoms. The summed E-state index contributed by atoms with van der Waals surface area (Å²) in [4.78, 5) is 29.5. The molecule has 1 saturated heterocycles. The van der Waals surface area contributed by atoms with Gasteiger partial charge in [0.05, 0.1) is 12.7 Å². The monoisotopic (exact) mass is 572 g/mol. The van der Waals surface area contributed by atoms with Gasteiger partial charge in [-0.25, -0.2) is 8.78 Å². The first-order chi connectivity index (χ1) is 18.9. The minimum atomic E-state index is -2.63. The Morgan fingerprint density at radius 2 is 1.77 bits per heavy atom. The minimum Gasteiger partial charge on any atom is -0.381 e. The molecule has 0 atom stereocenters. The van der Waals surface area contributed by atoms with Crippen LogP contribution in [0, 0.1) is 5.41 Å². The van der Waals surface area contributed by atoms with E-state index in [0.29, 0.717) is 50.6 Å². The van der Waals surface area contributed by atoms with Crippen LogP contribution < -0.4 is 10.6 Å². The number of alkyl halides is 2. The van der Waals surface area contributed by atoms with Crippen LogP contribution in [0.4, 0.5) is 14.5 Å². The number of aromatic nitrogens is 2. The molecule has 1 aromatic heterocycles. The summed E-state index contributed by atoms with van der Waals surface area (Å²) in [6.07, 6.45) is 3.79. The van der Waals surface area contributed by atoms with Crippen molar-refractivity contribution < 1.29 is 18.4 Å². The number of carbonyl (C=O) groups excluding carboxylic acids is 2. The number of carbonyl (C=O) groups is 2. The number of hydrogen-bond acceptors (Lipinski definition) is 6. The molecule has 1 aliphatic carbocycles. The molecule has 0 bridgehead atoms. The smallest absolute Gasteiger partial charge is 0.248 e. The van der Waals surface area contributed by atoms with Crippen LogP contribution in [-0.4, -0.2) is 86.2 Å². The summed E-state index contributed by atoms with van der Waals surface area (Å²) in [6.45, 7) is 4.80. The van der Waals surface area contributed by atoms with Gasteiger partial charge in [0.25, 0.3) is 0 Å². The van der Waals surface area contributed by atoms with Crippen molar-refractivity contribution in [3.8, 4) is 0 Å². The van der Waals surface area contributed by atoms with E-state index < -0.39 is 11.3 Å². The Balaban J connectivity index is 1.29. The number of nitrogens with zero attached hydrogens (tertiary/aromatic N) is 4. The Morgan fingerprint density at radius 1 is 1.07 bits per heavy atom. The van der Waals surface area contributed by atoms with Gasteiger partial charge in [-0.2, -0.15) is 10.2 Å². The number of anilines is 1. The third-order valence-corrected chi connectivity index (χ3v) is 8.64. The Hall–Kier alpha value is -2.72. The van der Waals surface area contributed by atoms with E-state index in [-0.39, 0.29) is 43.0 Å². The maximum Gasteiger partial charge on any atom is 0.248 e. The van der Waals surface area contributed by atoms with Crippen molar-refractivity contribution in [2.75, 3.05) is 38.0 Å². The van der Waals surface area contributed by atoms with Crippen molar-refractivity contribution in [1.82, 2.24) is 25.3 Å². The Morgan fingerprint density at radius 3 is 2.42 bits per heavy atom. The van der Waals surface area contributed by atoms with Crippen molar-refractivity contribution in [3.63, 3.8) is 0 Å². The maximum absolute atomic E-state index is 13.5. The van der Waals surface area contributed by atoms with Gasteiger partial charge in [0.15, 0.2) is 0 Å². The predicted octanol–water partition coefficient (Wildman–Crippen LogP) is 1.98. The summed E-state index contributed by atoms with van der Waals surface area (Å²) in [5.74, 6) is -3.03. The zero-order valence-electron chi connectivity index (χ0n) is 23.5. The van der Waals surface area contributed by atoms with Gasteiger partial charge in [0.2, 0.25) is 17.7 Å². The molecule has 40 heavy (non-hydrogen) atoms. The lowest BCUT2D eigenvalue weighted by Crippen LogP contribution is -2.58. The third-order valence-electron chi connectivity index (χ3n) is 8.40. The lowest BCUT2D eigenvalue weighted by atomic mass is 9.56. The van der Waals surface area contributed by atoms with E-state index in [1.165, 1.54) is 0 Å². The molecule has 0 unspecified atom stereocenters. The van der Waals surface area contributed by atoms with E-state index in [9.17, 15) is 18.4 Å². The maximum atomic E-state index is 13.5. The van der Waals surface area contributed by atoms with Crippen molar-refractivity contribution >= 4 is 44.8 Å². The molecule has 1 aromatic carbocycles. The van der Waals surface area contributed by atoms with Gasteiger partial charge in [-0.15, -0.1) is 0 Å². The highest BCUT2D eigenvalue weighted by Crippen LogP contribution is 2.45. The first-order valence-corrected chi connectivity index (χ1v) is 14.2. The van der Waals surface area contributed by atoms with E-state index in [2.05, 4.69) is 41.4 Å². The molecule has 2 aliphatic rings. The van der Waals surface area contributed by atoms with E-state index in [4.69, 9.17) is 11.6 Å². The lowest BCUT2D eigenvalue weighted by molar-refractivity contribution is -0.135. The summed E-state index contributed by atoms with van der Waals surface area (Å²) in [5, 5.41) is 14.3. The number of nitrogens with one attached hydrogen (secondary N) is 2. The molecule has 1 saturated carbocycles. The number of hydrogen-bond donors (Lipinski definition) is 2.